The van der Waals surface area contributed by atoms with Crippen LogP contribution >= 0.6 is 11.8 Å². The molecule has 1 aliphatic heterocycles. The number of carbonyl (C=O) groups is 1. The van der Waals surface area contributed by atoms with Gasteiger partial charge in [0.25, 0.3) is 5.91 Å². The molecular weight excluding hydrogens is 270 g/mol. The minimum atomic E-state index is 0.0351. The number of amides is 1. The molecule has 1 aromatic rings. The molecule has 106 valence electrons. The zero-order chi connectivity index (χ0) is 14.5. The summed E-state index contributed by atoms with van der Waals surface area (Å²) in [5.74, 6) is 5.72. The van der Waals surface area contributed by atoms with Gasteiger partial charge in [0.05, 0.1) is 12.1 Å². The van der Waals surface area contributed by atoms with Gasteiger partial charge in [-0.1, -0.05) is 25.7 Å². The van der Waals surface area contributed by atoms with Crippen LogP contribution in [0.15, 0.2) is 18.5 Å². The number of nitrogens with two attached hydrogens (primary N) is 1. The number of thioether (sulfide) groups is 1. The van der Waals surface area contributed by atoms with E-state index in [4.69, 9.17) is 5.73 Å². The summed E-state index contributed by atoms with van der Waals surface area (Å²) in [6.45, 7) is 6.18. The van der Waals surface area contributed by atoms with Crippen LogP contribution < -0.4 is 5.73 Å². The predicted octanol–water partition coefficient (Wildman–Crippen LogP) is 1.36. The normalized spacial score (nSPS) is 22.1. The first-order chi connectivity index (χ1) is 9.60. The van der Waals surface area contributed by atoms with Gasteiger partial charge in [0.2, 0.25) is 0 Å². The molecular formula is C15H19N3OS. The molecule has 2 N–H and O–H groups in total. The molecule has 0 saturated carbocycles. The fourth-order valence-corrected chi connectivity index (χ4v) is 3.63. The van der Waals surface area contributed by atoms with Crippen molar-refractivity contribution in [1.82, 2.24) is 9.88 Å². The molecule has 1 aromatic heterocycles. The highest BCUT2D eigenvalue weighted by molar-refractivity contribution is 8.00. The fourth-order valence-electron chi connectivity index (χ4n) is 2.30. The Kier molecular flexibility index (Phi) is 5.05. The van der Waals surface area contributed by atoms with E-state index in [-0.39, 0.29) is 5.91 Å². The SMILES string of the molecule is CC1CN(C(=O)c2cncc(C#CCN)c2)CC(C)S1. The lowest BCUT2D eigenvalue weighted by Crippen LogP contribution is -2.44. The van der Waals surface area contributed by atoms with E-state index < -0.39 is 0 Å². The van der Waals surface area contributed by atoms with Crippen LogP contribution in [0, 0.1) is 11.8 Å². The molecule has 2 rings (SSSR count). The quantitative estimate of drug-likeness (QED) is 0.793. The van der Waals surface area contributed by atoms with Gasteiger partial charge in [0.15, 0.2) is 0 Å². The molecule has 0 radical (unpaired) electrons. The summed E-state index contributed by atoms with van der Waals surface area (Å²) < 4.78 is 0. The Morgan fingerprint density at radius 2 is 2.15 bits per heavy atom. The first-order valence-electron chi connectivity index (χ1n) is 6.69. The number of pyridine rings is 1. The van der Waals surface area contributed by atoms with E-state index in [1.807, 2.05) is 16.7 Å². The molecule has 1 aliphatic rings. The largest absolute Gasteiger partial charge is 0.336 e. The van der Waals surface area contributed by atoms with E-state index in [2.05, 4.69) is 30.7 Å². The Morgan fingerprint density at radius 3 is 2.80 bits per heavy atom. The topological polar surface area (TPSA) is 59.2 Å². The van der Waals surface area contributed by atoms with Crippen molar-refractivity contribution in [2.75, 3.05) is 19.6 Å². The number of hydrogen-bond donors (Lipinski definition) is 1. The minimum absolute atomic E-state index is 0.0351. The van der Waals surface area contributed by atoms with Crippen LogP contribution in [0.3, 0.4) is 0 Å². The third-order valence-corrected chi connectivity index (χ3v) is 4.25. The molecule has 0 aliphatic carbocycles. The zero-order valence-corrected chi connectivity index (χ0v) is 12.6. The summed E-state index contributed by atoms with van der Waals surface area (Å²) in [4.78, 5) is 18.5. The zero-order valence-electron chi connectivity index (χ0n) is 11.8. The molecule has 1 fully saturated rings. The first kappa shape index (κ1) is 14.9. The Balaban J connectivity index is 2.16. The van der Waals surface area contributed by atoms with E-state index in [0.717, 1.165) is 18.7 Å². The lowest BCUT2D eigenvalue weighted by atomic mass is 10.1. The third-order valence-electron chi connectivity index (χ3n) is 3.03. The van der Waals surface area contributed by atoms with Crippen LogP contribution in [-0.2, 0) is 0 Å². The average molecular weight is 289 g/mol. The fraction of sp³-hybridized carbons (Fsp3) is 0.467. The van der Waals surface area contributed by atoms with Crippen molar-refractivity contribution in [2.45, 2.75) is 24.3 Å². The van der Waals surface area contributed by atoms with Crippen LogP contribution in [0.1, 0.15) is 29.8 Å². The number of rotatable bonds is 1. The van der Waals surface area contributed by atoms with Crippen molar-refractivity contribution < 1.29 is 4.79 Å². The second kappa shape index (κ2) is 6.78. The molecule has 4 nitrogen and oxygen atoms in total. The minimum Gasteiger partial charge on any atom is -0.336 e. The highest BCUT2D eigenvalue weighted by Crippen LogP contribution is 2.25. The summed E-state index contributed by atoms with van der Waals surface area (Å²) in [5.41, 5.74) is 6.68. The molecule has 0 bridgehead atoms. The van der Waals surface area contributed by atoms with Crippen molar-refractivity contribution >= 4 is 17.7 Å². The van der Waals surface area contributed by atoms with Gasteiger partial charge in [-0.05, 0) is 6.07 Å². The third kappa shape index (κ3) is 3.75. The van der Waals surface area contributed by atoms with Gasteiger partial charge in [-0.3, -0.25) is 9.78 Å². The summed E-state index contributed by atoms with van der Waals surface area (Å²) in [6.07, 6.45) is 3.25. The maximum atomic E-state index is 12.5. The highest BCUT2D eigenvalue weighted by Gasteiger charge is 2.26. The van der Waals surface area contributed by atoms with Crippen molar-refractivity contribution in [1.29, 1.82) is 0 Å². The van der Waals surface area contributed by atoms with Crippen molar-refractivity contribution in [3.05, 3.63) is 29.6 Å². The average Bonchev–Trinajstić information content (AvgIpc) is 2.43. The van der Waals surface area contributed by atoms with E-state index in [1.165, 1.54) is 0 Å². The summed E-state index contributed by atoms with van der Waals surface area (Å²) in [5, 5.41) is 0.937. The smallest absolute Gasteiger partial charge is 0.255 e. The number of hydrogen-bond acceptors (Lipinski definition) is 4. The second-order valence-corrected chi connectivity index (χ2v) is 6.82. The van der Waals surface area contributed by atoms with Gasteiger partial charge >= 0.3 is 0 Å². The Bertz CT molecular complexity index is 540. The van der Waals surface area contributed by atoms with E-state index in [9.17, 15) is 4.79 Å². The van der Waals surface area contributed by atoms with Crippen molar-refractivity contribution in [2.24, 2.45) is 5.73 Å². The molecule has 2 unspecified atom stereocenters. The maximum absolute atomic E-state index is 12.5. The Labute approximate surface area is 124 Å². The van der Waals surface area contributed by atoms with Crippen LogP contribution in [-0.4, -0.2) is 45.9 Å². The van der Waals surface area contributed by atoms with Gasteiger partial charge in [-0.15, -0.1) is 0 Å². The van der Waals surface area contributed by atoms with E-state index in [1.54, 1.807) is 18.5 Å². The van der Waals surface area contributed by atoms with E-state index in [0.29, 0.717) is 22.6 Å². The van der Waals surface area contributed by atoms with Crippen molar-refractivity contribution in [3.63, 3.8) is 0 Å². The number of carbonyl (C=O) groups excluding carboxylic acids is 1. The van der Waals surface area contributed by atoms with Crippen molar-refractivity contribution in [3.8, 4) is 11.8 Å². The van der Waals surface area contributed by atoms with E-state index >= 15 is 0 Å². The second-order valence-electron chi connectivity index (χ2n) is 4.94. The van der Waals surface area contributed by atoms with Crippen LogP contribution in [0.4, 0.5) is 0 Å². The molecule has 20 heavy (non-hydrogen) atoms. The molecule has 1 saturated heterocycles. The Morgan fingerprint density at radius 1 is 1.45 bits per heavy atom. The maximum Gasteiger partial charge on any atom is 0.255 e. The molecule has 0 aromatic carbocycles. The van der Waals surface area contributed by atoms with Gasteiger partial charge in [-0.2, -0.15) is 11.8 Å². The predicted molar refractivity (Wildman–Crippen MR) is 82.6 cm³/mol. The molecule has 2 atom stereocenters. The highest BCUT2D eigenvalue weighted by atomic mass is 32.2. The summed E-state index contributed by atoms with van der Waals surface area (Å²) >= 11 is 1.93. The van der Waals surface area contributed by atoms with Gasteiger partial charge in [-0.25, -0.2) is 0 Å². The summed E-state index contributed by atoms with van der Waals surface area (Å²) in [7, 11) is 0. The molecule has 0 spiro atoms. The van der Waals surface area contributed by atoms with Crippen LogP contribution in [0.25, 0.3) is 0 Å². The Hall–Kier alpha value is -1.51. The number of aromatic nitrogens is 1. The molecule has 5 heteroatoms. The summed E-state index contributed by atoms with van der Waals surface area (Å²) in [6, 6.07) is 1.79. The lowest BCUT2D eigenvalue weighted by molar-refractivity contribution is 0.0753. The van der Waals surface area contributed by atoms with Gasteiger partial charge < -0.3 is 10.6 Å². The molecule has 1 amide bonds. The standard InChI is InChI=1S/C15H19N3OS/c1-11-9-18(10-12(2)20-11)15(19)14-6-13(4-3-5-16)7-17-8-14/h6-8,11-12H,5,9-10,16H2,1-2H3. The lowest BCUT2D eigenvalue weighted by Gasteiger charge is -2.34. The van der Waals surface area contributed by atoms with Crippen LogP contribution in [0.2, 0.25) is 0 Å². The number of nitrogens with zero attached hydrogens (tertiary/aromatic N) is 2. The van der Waals surface area contributed by atoms with Gasteiger partial charge in [0.1, 0.15) is 0 Å². The van der Waals surface area contributed by atoms with Crippen LogP contribution in [0.5, 0.6) is 0 Å². The first-order valence-corrected chi connectivity index (χ1v) is 7.63. The monoisotopic (exact) mass is 289 g/mol. The molecule has 2 heterocycles. The van der Waals surface area contributed by atoms with Gasteiger partial charge in [0, 0.05) is 41.5 Å².